The van der Waals surface area contributed by atoms with Gasteiger partial charge in [-0.15, -0.1) is 24.0 Å². The predicted molar refractivity (Wildman–Crippen MR) is 139 cm³/mol. The molecule has 8 heteroatoms. The van der Waals surface area contributed by atoms with Gasteiger partial charge in [-0.25, -0.2) is 0 Å². The van der Waals surface area contributed by atoms with E-state index in [4.69, 9.17) is 9.47 Å². The van der Waals surface area contributed by atoms with Crippen molar-refractivity contribution in [3.05, 3.63) is 29.8 Å². The normalized spacial score (nSPS) is 17.4. The molecule has 3 N–H and O–H groups in total. The molecular weight excluding hydrogens is 519 g/mol. The molecule has 2 aliphatic carbocycles. The van der Waals surface area contributed by atoms with Gasteiger partial charge in [0.2, 0.25) is 0 Å². The summed E-state index contributed by atoms with van der Waals surface area (Å²) in [6.07, 6.45) is 9.30. The van der Waals surface area contributed by atoms with Gasteiger partial charge in [-0.1, -0.05) is 25.0 Å². The third-order valence-electron chi connectivity index (χ3n) is 6.30. The molecule has 1 aromatic carbocycles. The summed E-state index contributed by atoms with van der Waals surface area (Å²) >= 11 is 0. The molecular formula is C24H39IN4O3. The second-order valence-electron chi connectivity index (χ2n) is 8.83. The molecule has 0 saturated heterocycles. The average Bonchev–Trinajstić information content (AvgIpc) is 3.48. The Hall–Kier alpha value is -1.55. The Balaban J connectivity index is 0.00000363. The molecule has 2 aliphatic rings. The van der Waals surface area contributed by atoms with Crippen LogP contribution in [-0.2, 0) is 16.0 Å². The van der Waals surface area contributed by atoms with E-state index in [1.165, 1.54) is 31.2 Å². The van der Waals surface area contributed by atoms with Crippen LogP contribution in [-0.4, -0.2) is 58.4 Å². The number of nitrogens with zero attached hydrogens (tertiary/aromatic N) is 1. The van der Waals surface area contributed by atoms with E-state index >= 15 is 0 Å². The Kier molecular flexibility index (Phi) is 11.6. The van der Waals surface area contributed by atoms with E-state index in [0.29, 0.717) is 11.5 Å². The van der Waals surface area contributed by atoms with E-state index in [-0.39, 0.29) is 36.5 Å². The predicted octanol–water partition coefficient (Wildman–Crippen LogP) is 3.27. The summed E-state index contributed by atoms with van der Waals surface area (Å²) < 4.78 is 10.9. The number of hydrogen-bond acceptors (Lipinski definition) is 4. The highest BCUT2D eigenvalue weighted by Crippen LogP contribution is 2.40. The maximum Gasteiger partial charge on any atom is 0.258 e. The van der Waals surface area contributed by atoms with Crippen LogP contribution >= 0.6 is 24.0 Å². The van der Waals surface area contributed by atoms with Gasteiger partial charge in [-0.3, -0.25) is 9.79 Å². The van der Waals surface area contributed by atoms with Gasteiger partial charge in [0.15, 0.2) is 12.6 Å². The van der Waals surface area contributed by atoms with Gasteiger partial charge >= 0.3 is 0 Å². The number of carbonyl (C=O) groups is 1. The number of amides is 1. The highest BCUT2D eigenvalue weighted by Gasteiger charge is 2.33. The molecule has 0 spiro atoms. The Bertz CT molecular complexity index is 716. The van der Waals surface area contributed by atoms with Gasteiger partial charge < -0.3 is 25.4 Å². The van der Waals surface area contributed by atoms with Crippen molar-refractivity contribution in [3.63, 3.8) is 0 Å². The summed E-state index contributed by atoms with van der Waals surface area (Å²) in [6.45, 7) is 2.63. The van der Waals surface area contributed by atoms with Crippen LogP contribution in [0.4, 0.5) is 0 Å². The number of benzene rings is 1. The number of hydrogen-bond donors (Lipinski definition) is 3. The van der Waals surface area contributed by atoms with E-state index < -0.39 is 0 Å². The summed E-state index contributed by atoms with van der Waals surface area (Å²) in [6, 6.07) is 8.30. The van der Waals surface area contributed by atoms with Crippen molar-refractivity contribution >= 4 is 35.8 Å². The lowest BCUT2D eigenvalue weighted by molar-refractivity contribution is -0.123. The summed E-state index contributed by atoms with van der Waals surface area (Å²) in [7, 11) is 3.60. The van der Waals surface area contributed by atoms with E-state index in [1.54, 1.807) is 7.11 Å². The van der Waals surface area contributed by atoms with Gasteiger partial charge in [0.1, 0.15) is 5.75 Å². The molecule has 0 atom stereocenters. The van der Waals surface area contributed by atoms with Crippen molar-refractivity contribution in [2.45, 2.75) is 57.4 Å². The standard InChI is InChI=1S/C24H38N4O3.HI/c1-25-23(27-18-24(14-16-30-2)12-3-4-13-24)26-15-11-19-5-9-21(10-6-19)31-17-22(29)28-20-7-8-20;/h5-6,9-10,20H,3-4,7-8,11-18H2,1-2H3,(H,28,29)(H2,25,26,27);1H. The number of guanidine groups is 1. The topological polar surface area (TPSA) is 84.0 Å². The maximum atomic E-state index is 11.7. The van der Waals surface area contributed by atoms with Crippen molar-refractivity contribution < 1.29 is 14.3 Å². The molecule has 0 aliphatic heterocycles. The Morgan fingerprint density at radius 3 is 2.50 bits per heavy atom. The Morgan fingerprint density at radius 1 is 1.16 bits per heavy atom. The van der Waals surface area contributed by atoms with Crippen LogP contribution in [0.3, 0.4) is 0 Å². The molecule has 2 fully saturated rings. The number of ether oxygens (including phenoxy) is 2. The molecule has 180 valence electrons. The first-order valence-electron chi connectivity index (χ1n) is 11.6. The monoisotopic (exact) mass is 558 g/mol. The molecule has 7 nitrogen and oxygen atoms in total. The number of aliphatic imine (C=N–C) groups is 1. The molecule has 32 heavy (non-hydrogen) atoms. The van der Waals surface area contributed by atoms with Gasteiger partial charge in [-0.2, -0.15) is 0 Å². The van der Waals surface area contributed by atoms with E-state index in [1.807, 2.05) is 31.3 Å². The summed E-state index contributed by atoms with van der Waals surface area (Å²) in [5.41, 5.74) is 1.55. The lowest BCUT2D eigenvalue weighted by Gasteiger charge is -2.30. The van der Waals surface area contributed by atoms with E-state index in [2.05, 4.69) is 20.9 Å². The van der Waals surface area contributed by atoms with Crippen LogP contribution in [0.2, 0.25) is 0 Å². The Morgan fingerprint density at radius 2 is 1.88 bits per heavy atom. The van der Waals surface area contributed by atoms with Crippen molar-refractivity contribution in [1.82, 2.24) is 16.0 Å². The summed E-state index contributed by atoms with van der Waals surface area (Å²) in [4.78, 5) is 16.1. The Labute approximate surface area is 209 Å². The van der Waals surface area contributed by atoms with Crippen LogP contribution < -0.4 is 20.7 Å². The fourth-order valence-electron chi connectivity index (χ4n) is 4.17. The minimum atomic E-state index is -0.0451. The van der Waals surface area contributed by atoms with Gasteiger partial charge in [-0.05, 0) is 61.6 Å². The largest absolute Gasteiger partial charge is 0.484 e. The molecule has 0 radical (unpaired) electrons. The van der Waals surface area contributed by atoms with Crippen LogP contribution in [0, 0.1) is 5.41 Å². The van der Waals surface area contributed by atoms with Crippen LogP contribution in [0.5, 0.6) is 5.75 Å². The zero-order valence-electron chi connectivity index (χ0n) is 19.5. The molecule has 0 heterocycles. The lowest BCUT2D eigenvalue weighted by Crippen LogP contribution is -2.43. The zero-order chi connectivity index (χ0) is 21.9. The second-order valence-corrected chi connectivity index (χ2v) is 8.83. The molecule has 2 saturated carbocycles. The molecule has 0 bridgehead atoms. The average molecular weight is 559 g/mol. The lowest BCUT2D eigenvalue weighted by atomic mass is 9.83. The fraction of sp³-hybridized carbons (Fsp3) is 0.667. The van der Waals surface area contributed by atoms with Crippen molar-refractivity contribution in [2.24, 2.45) is 10.4 Å². The first-order valence-corrected chi connectivity index (χ1v) is 11.6. The third kappa shape index (κ3) is 9.13. The molecule has 0 unspecified atom stereocenters. The fourth-order valence-corrected chi connectivity index (χ4v) is 4.17. The number of halogens is 1. The van der Waals surface area contributed by atoms with Crippen molar-refractivity contribution in [2.75, 3.05) is 40.5 Å². The maximum absolute atomic E-state index is 11.7. The van der Waals surface area contributed by atoms with E-state index in [0.717, 1.165) is 57.1 Å². The summed E-state index contributed by atoms with van der Waals surface area (Å²) in [5, 5.41) is 9.87. The minimum Gasteiger partial charge on any atom is -0.484 e. The van der Waals surface area contributed by atoms with Crippen molar-refractivity contribution in [3.8, 4) is 5.75 Å². The van der Waals surface area contributed by atoms with Gasteiger partial charge in [0, 0.05) is 39.9 Å². The second kappa shape index (κ2) is 13.9. The zero-order valence-corrected chi connectivity index (χ0v) is 21.8. The minimum absolute atomic E-state index is 0. The molecule has 0 aromatic heterocycles. The number of rotatable bonds is 12. The quantitative estimate of drug-likeness (QED) is 0.209. The number of carbonyl (C=O) groups excluding carboxylic acids is 1. The van der Waals surface area contributed by atoms with Crippen LogP contribution in [0.25, 0.3) is 0 Å². The van der Waals surface area contributed by atoms with Gasteiger partial charge in [0.05, 0.1) is 0 Å². The number of nitrogens with one attached hydrogen (secondary N) is 3. The first kappa shape index (κ1) is 26.7. The molecule has 1 aromatic rings. The smallest absolute Gasteiger partial charge is 0.258 e. The van der Waals surface area contributed by atoms with E-state index in [9.17, 15) is 4.79 Å². The molecule has 1 amide bonds. The van der Waals surface area contributed by atoms with Crippen molar-refractivity contribution in [1.29, 1.82) is 0 Å². The molecule has 3 rings (SSSR count). The SMILES string of the molecule is CN=C(NCCc1ccc(OCC(=O)NC2CC2)cc1)NCC1(CCOC)CCCC1.I. The highest BCUT2D eigenvalue weighted by molar-refractivity contribution is 14.0. The highest BCUT2D eigenvalue weighted by atomic mass is 127. The van der Waals surface area contributed by atoms with Crippen LogP contribution in [0.15, 0.2) is 29.3 Å². The third-order valence-corrected chi connectivity index (χ3v) is 6.30. The van der Waals surface area contributed by atoms with Gasteiger partial charge in [0.25, 0.3) is 5.91 Å². The number of methoxy groups -OCH3 is 1. The van der Waals surface area contributed by atoms with Crippen LogP contribution in [0.1, 0.15) is 50.5 Å². The summed E-state index contributed by atoms with van der Waals surface area (Å²) in [5.74, 6) is 1.53. The first-order chi connectivity index (χ1) is 15.1.